The zero-order chi connectivity index (χ0) is 23.6. The average Bonchev–Trinajstić information content (AvgIpc) is 3.33. The van der Waals surface area contributed by atoms with Crippen LogP contribution in [0, 0.1) is 17.7 Å². The lowest BCUT2D eigenvalue weighted by molar-refractivity contribution is -0.124. The molecule has 0 spiro atoms. The van der Waals surface area contributed by atoms with E-state index in [1.807, 2.05) is 24.3 Å². The number of hydrazone groups is 1. The van der Waals surface area contributed by atoms with E-state index in [1.165, 1.54) is 12.1 Å². The van der Waals surface area contributed by atoms with E-state index >= 15 is 0 Å². The molecule has 3 aliphatic heterocycles. The molecule has 2 fully saturated rings. The van der Waals surface area contributed by atoms with Crippen LogP contribution in [-0.2, 0) is 9.59 Å². The number of hydrogen-bond donors (Lipinski definition) is 0. The summed E-state index contributed by atoms with van der Waals surface area (Å²) in [5.41, 5.74) is 2.28. The Labute approximate surface area is 199 Å². The largest absolute Gasteiger partial charge is 0.292 e. The Balaban J connectivity index is 1.50. The zero-order valence-electron chi connectivity index (χ0n) is 17.6. The molecular formula is C26H17ClFN3O3. The summed E-state index contributed by atoms with van der Waals surface area (Å²) in [5.74, 6) is -3.68. The fraction of sp³-hybridized carbons (Fsp3) is 0.154. The van der Waals surface area contributed by atoms with Crippen molar-refractivity contribution in [3.63, 3.8) is 0 Å². The summed E-state index contributed by atoms with van der Waals surface area (Å²) in [5, 5.41) is 5.95. The second-order valence-electron chi connectivity index (χ2n) is 8.54. The van der Waals surface area contributed by atoms with Gasteiger partial charge in [-0.2, -0.15) is 5.10 Å². The number of halogens is 2. The molecule has 0 aromatic heterocycles. The van der Waals surface area contributed by atoms with Gasteiger partial charge in [-0.15, -0.1) is 0 Å². The van der Waals surface area contributed by atoms with E-state index in [9.17, 15) is 18.8 Å². The SMILES string of the molecule is O=C(c1ccccc1)[C@H]1[C@H]2C(=O)N(c3ccc(F)c(Cl)c3)C(=O)[C@H]2C2c3ccccc3C=NN21. The van der Waals surface area contributed by atoms with E-state index in [2.05, 4.69) is 5.10 Å². The van der Waals surface area contributed by atoms with Crippen LogP contribution in [0.2, 0.25) is 5.02 Å². The minimum atomic E-state index is -0.959. The normalized spacial score (nSPS) is 24.8. The summed E-state index contributed by atoms with van der Waals surface area (Å²) in [6.45, 7) is 0. The first-order chi connectivity index (χ1) is 16.5. The molecule has 6 rings (SSSR count). The van der Waals surface area contributed by atoms with Crippen LogP contribution in [0.3, 0.4) is 0 Å². The molecular weight excluding hydrogens is 457 g/mol. The highest BCUT2D eigenvalue weighted by Gasteiger charge is 2.65. The van der Waals surface area contributed by atoms with Gasteiger partial charge in [-0.3, -0.25) is 19.4 Å². The first-order valence-corrected chi connectivity index (χ1v) is 11.2. The highest BCUT2D eigenvalue weighted by atomic mass is 35.5. The highest BCUT2D eigenvalue weighted by molar-refractivity contribution is 6.31. The van der Waals surface area contributed by atoms with Gasteiger partial charge >= 0.3 is 0 Å². The zero-order valence-corrected chi connectivity index (χ0v) is 18.4. The van der Waals surface area contributed by atoms with Crippen LogP contribution in [0.25, 0.3) is 0 Å². The van der Waals surface area contributed by atoms with Crippen LogP contribution in [-0.4, -0.2) is 34.9 Å². The lowest BCUT2D eigenvalue weighted by atomic mass is 9.83. The summed E-state index contributed by atoms with van der Waals surface area (Å²) >= 11 is 5.94. The lowest BCUT2D eigenvalue weighted by Gasteiger charge is -2.33. The fourth-order valence-corrected chi connectivity index (χ4v) is 5.50. The van der Waals surface area contributed by atoms with E-state index in [0.717, 1.165) is 22.1 Å². The molecule has 4 atom stereocenters. The van der Waals surface area contributed by atoms with E-state index in [0.29, 0.717) is 5.56 Å². The molecule has 0 saturated carbocycles. The molecule has 168 valence electrons. The van der Waals surface area contributed by atoms with Crippen molar-refractivity contribution >= 4 is 41.1 Å². The predicted molar refractivity (Wildman–Crippen MR) is 124 cm³/mol. The van der Waals surface area contributed by atoms with Crippen LogP contribution in [0.4, 0.5) is 10.1 Å². The molecule has 2 amide bonds. The van der Waals surface area contributed by atoms with E-state index < -0.39 is 41.6 Å². The first kappa shape index (κ1) is 20.7. The number of ketones is 1. The monoisotopic (exact) mass is 473 g/mol. The van der Waals surface area contributed by atoms with E-state index in [-0.39, 0.29) is 16.5 Å². The van der Waals surface area contributed by atoms with Crippen molar-refractivity contribution in [1.82, 2.24) is 5.01 Å². The Morgan fingerprint density at radius 3 is 2.38 bits per heavy atom. The Morgan fingerprint density at radius 2 is 1.62 bits per heavy atom. The fourth-order valence-electron chi connectivity index (χ4n) is 5.32. The molecule has 3 heterocycles. The molecule has 6 nitrogen and oxygen atoms in total. The van der Waals surface area contributed by atoms with Crippen LogP contribution in [0.5, 0.6) is 0 Å². The minimum Gasteiger partial charge on any atom is -0.292 e. The standard InChI is InChI=1S/C26H17ClFN3O3/c27-18-12-16(10-11-19(18)28)30-25(33)20-21(26(30)34)23(24(32)14-6-2-1-3-7-14)31-22(20)17-9-5-4-8-15(17)13-29-31/h1-13,20-23H/t20-,21+,22?,23-/m1/s1. The molecule has 0 radical (unpaired) electrons. The summed E-state index contributed by atoms with van der Waals surface area (Å²) in [7, 11) is 0. The number of Topliss-reactive ketones (excluding diaryl/α,β-unsaturated/α-hetero) is 1. The maximum absolute atomic E-state index is 13.8. The van der Waals surface area contributed by atoms with Crippen molar-refractivity contribution in [2.24, 2.45) is 16.9 Å². The topological polar surface area (TPSA) is 70.0 Å². The number of hydrogen-bond acceptors (Lipinski definition) is 5. The Morgan fingerprint density at radius 1 is 0.912 bits per heavy atom. The number of fused-ring (bicyclic) bond motifs is 5. The van der Waals surface area contributed by atoms with Crippen LogP contribution in [0.15, 0.2) is 77.9 Å². The molecule has 2 saturated heterocycles. The smallest absolute Gasteiger partial charge is 0.240 e. The number of amides is 2. The quantitative estimate of drug-likeness (QED) is 0.421. The molecule has 3 aliphatic rings. The molecule has 0 N–H and O–H groups in total. The van der Waals surface area contributed by atoms with Gasteiger partial charge in [-0.05, 0) is 29.3 Å². The third-order valence-electron chi connectivity index (χ3n) is 6.78. The average molecular weight is 474 g/mol. The van der Waals surface area contributed by atoms with Crippen LogP contribution in [0.1, 0.15) is 27.5 Å². The number of carbonyl (C=O) groups is 3. The van der Waals surface area contributed by atoms with Gasteiger partial charge in [-0.25, -0.2) is 9.29 Å². The van der Waals surface area contributed by atoms with Gasteiger partial charge in [-0.1, -0.05) is 66.2 Å². The van der Waals surface area contributed by atoms with Crippen molar-refractivity contribution in [3.8, 4) is 0 Å². The van der Waals surface area contributed by atoms with Crippen LogP contribution < -0.4 is 4.90 Å². The second kappa shape index (κ2) is 7.60. The van der Waals surface area contributed by atoms with Gasteiger partial charge < -0.3 is 0 Å². The summed E-state index contributed by atoms with van der Waals surface area (Å²) in [6.07, 6.45) is 1.66. The van der Waals surface area contributed by atoms with E-state index in [4.69, 9.17) is 11.6 Å². The third kappa shape index (κ3) is 2.86. The lowest BCUT2D eigenvalue weighted by Crippen LogP contribution is -2.44. The first-order valence-electron chi connectivity index (χ1n) is 10.8. The van der Waals surface area contributed by atoms with Crippen molar-refractivity contribution in [3.05, 3.63) is 100 Å². The summed E-state index contributed by atoms with van der Waals surface area (Å²) < 4.78 is 13.8. The highest BCUT2D eigenvalue weighted by Crippen LogP contribution is 2.53. The molecule has 3 aromatic carbocycles. The van der Waals surface area contributed by atoms with Crippen LogP contribution >= 0.6 is 11.6 Å². The molecule has 0 bridgehead atoms. The molecule has 8 heteroatoms. The number of anilines is 1. The minimum absolute atomic E-state index is 0.181. The van der Waals surface area contributed by atoms with Gasteiger partial charge in [0.1, 0.15) is 11.9 Å². The second-order valence-corrected chi connectivity index (χ2v) is 8.94. The summed E-state index contributed by atoms with van der Waals surface area (Å²) in [6, 6.07) is 18.4. The maximum Gasteiger partial charge on any atom is 0.240 e. The third-order valence-corrected chi connectivity index (χ3v) is 7.07. The van der Waals surface area contributed by atoms with Gasteiger partial charge in [0.25, 0.3) is 0 Å². The van der Waals surface area contributed by atoms with Gasteiger partial charge in [0.15, 0.2) is 5.78 Å². The number of carbonyl (C=O) groups excluding carboxylic acids is 3. The molecule has 3 aromatic rings. The number of benzene rings is 3. The number of rotatable bonds is 3. The van der Waals surface area contributed by atoms with Crippen molar-refractivity contribution in [2.75, 3.05) is 4.90 Å². The number of imide groups is 1. The number of nitrogens with zero attached hydrogens (tertiary/aromatic N) is 3. The van der Waals surface area contributed by atoms with E-state index in [1.54, 1.807) is 41.6 Å². The Bertz CT molecular complexity index is 1390. The Kier molecular flexibility index (Phi) is 4.64. The van der Waals surface area contributed by atoms with Gasteiger partial charge in [0.2, 0.25) is 11.8 Å². The molecule has 34 heavy (non-hydrogen) atoms. The molecule has 0 aliphatic carbocycles. The van der Waals surface area contributed by atoms with Crippen molar-refractivity contribution < 1.29 is 18.8 Å². The summed E-state index contributed by atoms with van der Waals surface area (Å²) in [4.78, 5) is 42.2. The predicted octanol–water partition coefficient (Wildman–Crippen LogP) is 4.24. The van der Waals surface area contributed by atoms with Crippen molar-refractivity contribution in [2.45, 2.75) is 12.1 Å². The van der Waals surface area contributed by atoms with Crippen molar-refractivity contribution in [1.29, 1.82) is 0 Å². The maximum atomic E-state index is 13.8. The Hall–Kier alpha value is -3.84. The molecule has 1 unspecified atom stereocenters. The van der Waals surface area contributed by atoms with Gasteiger partial charge in [0, 0.05) is 5.56 Å². The van der Waals surface area contributed by atoms with Gasteiger partial charge in [0.05, 0.1) is 34.8 Å².